The summed E-state index contributed by atoms with van der Waals surface area (Å²) in [6, 6.07) is 6.83. The number of phenols is 1. The molecule has 94 valence electrons. The largest absolute Gasteiger partial charge is 0.508 e. The predicted molar refractivity (Wildman–Crippen MR) is 72.5 cm³/mol. The number of hydrogen-bond acceptors (Lipinski definition) is 3. The molecule has 3 N–H and O–H groups in total. The lowest BCUT2D eigenvalue weighted by Crippen LogP contribution is -2.18. The SMILES string of the molecule is CCc1[nH]c(=S)[nH]c(=O)c1Cc1ccc(O)cc1. The zero-order valence-corrected chi connectivity index (χ0v) is 10.8. The van der Waals surface area contributed by atoms with Gasteiger partial charge >= 0.3 is 0 Å². The fraction of sp³-hybridized carbons (Fsp3) is 0.231. The molecule has 5 heteroatoms. The Morgan fingerprint density at radius 2 is 1.89 bits per heavy atom. The van der Waals surface area contributed by atoms with Crippen LogP contribution in [0.15, 0.2) is 29.1 Å². The van der Waals surface area contributed by atoms with E-state index in [0.717, 1.165) is 17.7 Å². The van der Waals surface area contributed by atoms with Crippen molar-refractivity contribution in [1.29, 1.82) is 0 Å². The topological polar surface area (TPSA) is 68.9 Å². The summed E-state index contributed by atoms with van der Waals surface area (Å²) in [7, 11) is 0. The fourth-order valence-corrected chi connectivity index (χ4v) is 2.08. The van der Waals surface area contributed by atoms with E-state index in [1.165, 1.54) is 0 Å². The lowest BCUT2D eigenvalue weighted by molar-refractivity contribution is 0.475. The van der Waals surface area contributed by atoms with E-state index >= 15 is 0 Å². The summed E-state index contributed by atoms with van der Waals surface area (Å²) in [6.45, 7) is 1.97. The first kappa shape index (κ1) is 12.6. The van der Waals surface area contributed by atoms with Crippen molar-refractivity contribution in [3.8, 4) is 5.75 Å². The van der Waals surface area contributed by atoms with Crippen LogP contribution in [0.2, 0.25) is 0 Å². The van der Waals surface area contributed by atoms with Gasteiger partial charge in [-0.25, -0.2) is 0 Å². The molecule has 1 heterocycles. The summed E-state index contributed by atoms with van der Waals surface area (Å²) >= 11 is 4.95. The zero-order chi connectivity index (χ0) is 13.1. The molecule has 0 unspecified atom stereocenters. The average Bonchev–Trinajstić information content (AvgIpc) is 2.34. The quantitative estimate of drug-likeness (QED) is 0.743. The lowest BCUT2D eigenvalue weighted by atomic mass is 10.0. The zero-order valence-electron chi connectivity index (χ0n) is 9.99. The van der Waals surface area contributed by atoms with Crippen molar-refractivity contribution in [3.63, 3.8) is 0 Å². The van der Waals surface area contributed by atoms with E-state index in [0.29, 0.717) is 16.8 Å². The van der Waals surface area contributed by atoms with Crippen molar-refractivity contribution in [1.82, 2.24) is 9.97 Å². The van der Waals surface area contributed by atoms with Crippen molar-refractivity contribution in [2.75, 3.05) is 0 Å². The van der Waals surface area contributed by atoms with Gasteiger partial charge in [0.1, 0.15) is 5.75 Å². The number of aromatic hydroxyl groups is 1. The van der Waals surface area contributed by atoms with Crippen LogP contribution in [0, 0.1) is 4.77 Å². The van der Waals surface area contributed by atoms with Crippen molar-refractivity contribution in [3.05, 3.63) is 56.2 Å². The van der Waals surface area contributed by atoms with Gasteiger partial charge in [-0.15, -0.1) is 0 Å². The molecule has 2 aromatic rings. The summed E-state index contributed by atoms with van der Waals surface area (Å²) in [4.78, 5) is 17.5. The van der Waals surface area contributed by atoms with Crippen LogP contribution in [-0.4, -0.2) is 15.1 Å². The third kappa shape index (κ3) is 2.68. The van der Waals surface area contributed by atoms with E-state index in [9.17, 15) is 9.90 Å². The number of rotatable bonds is 3. The van der Waals surface area contributed by atoms with E-state index < -0.39 is 0 Å². The maximum Gasteiger partial charge on any atom is 0.255 e. The lowest BCUT2D eigenvalue weighted by Gasteiger charge is -2.07. The average molecular weight is 262 g/mol. The number of benzene rings is 1. The molecule has 0 spiro atoms. The molecular formula is C13H14N2O2S. The molecule has 0 saturated heterocycles. The van der Waals surface area contributed by atoms with E-state index in [4.69, 9.17) is 12.2 Å². The molecule has 0 fully saturated rings. The Morgan fingerprint density at radius 1 is 1.22 bits per heavy atom. The molecule has 1 aromatic carbocycles. The highest BCUT2D eigenvalue weighted by Gasteiger charge is 2.08. The molecule has 18 heavy (non-hydrogen) atoms. The van der Waals surface area contributed by atoms with Gasteiger partial charge in [0.05, 0.1) is 0 Å². The Balaban J connectivity index is 2.42. The van der Waals surface area contributed by atoms with Gasteiger partial charge in [0.25, 0.3) is 5.56 Å². The molecule has 4 nitrogen and oxygen atoms in total. The Labute approximate surface area is 109 Å². The number of hydrogen-bond donors (Lipinski definition) is 3. The van der Waals surface area contributed by atoms with Gasteiger partial charge < -0.3 is 10.1 Å². The van der Waals surface area contributed by atoms with Crippen LogP contribution < -0.4 is 5.56 Å². The van der Waals surface area contributed by atoms with Crippen LogP contribution in [0.1, 0.15) is 23.7 Å². The van der Waals surface area contributed by atoms with Gasteiger partial charge in [-0.3, -0.25) is 9.78 Å². The summed E-state index contributed by atoms with van der Waals surface area (Å²) < 4.78 is 0.353. The summed E-state index contributed by atoms with van der Waals surface area (Å²) in [5, 5.41) is 9.23. The monoisotopic (exact) mass is 262 g/mol. The van der Waals surface area contributed by atoms with Crippen molar-refractivity contribution in [2.45, 2.75) is 19.8 Å². The van der Waals surface area contributed by atoms with Gasteiger partial charge in [0.15, 0.2) is 4.77 Å². The molecule has 0 aliphatic carbocycles. The van der Waals surface area contributed by atoms with E-state index in [2.05, 4.69) is 9.97 Å². The minimum atomic E-state index is -0.149. The number of phenolic OH excluding ortho intramolecular Hbond substituents is 1. The Kier molecular flexibility index (Phi) is 3.62. The molecule has 0 atom stereocenters. The number of aromatic amines is 2. The number of nitrogens with one attached hydrogen (secondary N) is 2. The van der Waals surface area contributed by atoms with Crippen molar-refractivity contribution < 1.29 is 5.11 Å². The Morgan fingerprint density at radius 3 is 2.50 bits per heavy atom. The van der Waals surface area contributed by atoms with Gasteiger partial charge in [0, 0.05) is 17.7 Å². The summed E-state index contributed by atoms with van der Waals surface area (Å²) in [5.41, 5.74) is 2.37. The number of H-pyrrole nitrogens is 2. The second-order valence-electron chi connectivity index (χ2n) is 4.06. The standard InChI is InChI=1S/C13H14N2O2S/c1-2-11-10(12(17)15-13(18)14-11)7-8-3-5-9(16)6-4-8/h3-6,16H,2,7H2,1H3,(H2,14,15,17,18). The molecule has 2 rings (SSSR count). The molecule has 0 radical (unpaired) electrons. The molecule has 0 saturated carbocycles. The predicted octanol–water partition coefficient (Wildman–Crippen LogP) is 2.29. The fourth-order valence-electron chi connectivity index (χ4n) is 1.87. The number of aromatic nitrogens is 2. The normalized spacial score (nSPS) is 10.5. The minimum Gasteiger partial charge on any atom is -0.508 e. The highest BCUT2D eigenvalue weighted by molar-refractivity contribution is 7.71. The van der Waals surface area contributed by atoms with Crippen LogP contribution in [0.4, 0.5) is 0 Å². The first-order valence-corrected chi connectivity index (χ1v) is 6.13. The van der Waals surface area contributed by atoms with Gasteiger partial charge in [-0.05, 0) is 36.3 Å². The van der Waals surface area contributed by atoms with Crippen LogP contribution in [0.5, 0.6) is 5.75 Å². The van der Waals surface area contributed by atoms with E-state index in [-0.39, 0.29) is 11.3 Å². The van der Waals surface area contributed by atoms with Gasteiger partial charge in [0.2, 0.25) is 0 Å². The van der Waals surface area contributed by atoms with Crippen molar-refractivity contribution >= 4 is 12.2 Å². The van der Waals surface area contributed by atoms with Crippen LogP contribution in [-0.2, 0) is 12.8 Å². The third-order valence-electron chi connectivity index (χ3n) is 2.80. The van der Waals surface area contributed by atoms with Crippen LogP contribution in [0.3, 0.4) is 0 Å². The first-order chi connectivity index (χ1) is 8.60. The molecule has 0 aliphatic heterocycles. The maximum absolute atomic E-state index is 11.9. The van der Waals surface area contributed by atoms with Crippen LogP contribution in [0.25, 0.3) is 0 Å². The maximum atomic E-state index is 11.9. The van der Waals surface area contributed by atoms with Crippen LogP contribution >= 0.6 is 12.2 Å². The van der Waals surface area contributed by atoms with Crippen molar-refractivity contribution in [2.24, 2.45) is 0 Å². The molecule has 0 amide bonds. The second kappa shape index (κ2) is 5.18. The van der Waals surface area contributed by atoms with E-state index in [1.54, 1.807) is 24.3 Å². The summed E-state index contributed by atoms with van der Waals surface area (Å²) in [6.07, 6.45) is 1.24. The number of aryl methyl sites for hydroxylation is 1. The molecule has 0 aliphatic rings. The highest BCUT2D eigenvalue weighted by Crippen LogP contribution is 2.13. The highest BCUT2D eigenvalue weighted by atomic mass is 32.1. The first-order valence-electron chi connectivity index (χ1n) is 5.72. The summed E-state index contributed by atoms with van der Waals surface area (Å²) in [5.74, 6) is 0.218. The Bertz CT molecular complexity index is 656. The molecular weight excluding hydrogens is 248 g/mol. The minimum absolute atomic E-state index is 0.149. The smallest absolute Gasteiger partial charge is 0.255 e. The van der Waals surface area contributed by atoms with Gasteiger partial charge in [-0.2, -0.15) is 0 Å². The van der Waals surface area contributed by atoms with Gasteiger partial charge in [-0.1, -0.05) is 19.1 Å². The second-order valence-corrected chi connectivity index (χ2v) is 4.47. The van der Waals surface area contributed by atoms with E-state index in [1.807, 2.05) is 6.92 Å². The molecule has 1 aromatic heterocycles. The third-order valence-corrected chi connectivity index (χ3v) is 3.00. The Hall–Kier alpha value is -1.88. The molecule has 0 bridgehead atoms.